The van der Waals surface area contributed by atoms with Gasteiger partial charge in [0, 0.05) is 19.0 Å². The van der Waals surface area contributed by atoms with E-state index in [1.54, 1.807) is 0 Å². The second kappa shape index (κ2) is 21.1. The van der Waals surface area contributed by atoms with Crippen LogP contribution in [0.15, 0.2) is 0 Å². The standard InChI is InChI=1S/C16H36N.C7H16O4S/c1-5-9-13-17(14-10-6-2,15-11-7-3)16-12-8-4;1-2-5-11-6-3-4-7-12(8,9)10/h5-16H2,1-4H3;2-7H2,1H3,(H,8,9,10)/q+1;/p-1. The average Bonchev–Trinajstić information content (AvgIpc) is 2.69. The Balaban J connectivity index is 0. The minimum atomic E-state index is -4.02. The number of nitrogens with zero attached hydrogens (tertiary/aromatic N) is 1. The molecule has 0 radical (unpaired) electrons. The molecule has 0 saturated heterocycles. The lowest BCUT2D eigenvalue weighted by Gasteiger charge is -2.39. The first-order valence-electron chi connectivity index (χ1n) is 12.2. The molecule has 0 N–H and O–H groups in total. The van der Waals surface area contributed by atoms with Crippen molar-refractivity contribution in [1.29, 1.82) is 0 Å². The van der Waals surface area contributed by atoms with Crippen LogP contribution in [0.5, 0.6) is 0 Å². The summed E-state index contributed by atoms with van der Waals surface area (Å²) in [6.07, 6.45) is 13.1. The van der Waals surface area contributed by atoms with Crippen molar-refractivity contribution in [3.8, 4) is 0 Å². The van der Waals surface area contributed by atoms with E-state index in [9.17, 15) is 13.0 Å². The predicted octanol–water partition coefficient (Wildman–Crippen LogP) is 5.74. The summed E-state index contributed by atoms with van der Waals surface area (Å²) in [6.45, 7) is 18.3. The van der Waals surface area contributed by atoms with Crippen LogP contribution in [0.3, 0.4) is 0 Å². The van der Waals surface area contributed by atoms with Crippen LogP contribution in [-0.4, -0.2) is 62.6 Å². The normalized spacial score (nSPS) is 11.9. The van der Waals surface area contributed by atoms with Crippen LogP contribution >= 0.6 is 0 Å². The zero-order valence-corrected chi connectivity index (χ0v) is 21.0. The van der Waals surface area contributed by atoms with Gasteiger partial charge in [-0.25, -0.2) is 8.42 Å². The maximum Gasteiger partial charge on any atom is 0.0945 e. The Morgan fingerprint density at radius 2 is 1.03 bits per heavy atom. The number of quaternary nitrogens is 1. The van der Waals surface area contributed by atoms with Gasteiger partial charge in [-0.1, -0.05) is 60.3 Å². The van der Waals surface area contributed by atoms with Crippen molar-refractivity contribution >= 4 is 10.1 Å². The fourth-order valence-corrected chi connectivity index (χ4v) is 3.93. The molecule has 0 aromatic carbocycles. The maximum absolute atomic E-state index is 10.1. The van der Waals surface area contributed by atoms with Crippen molar-refractivity contribution < 1.29 is 22.2 Å². The molecule has 0 unspecified atom stereocenters. The molecule has 0 rings (SSSR count). The third kappa shape index (κ3) is 22.3. The van der Waals surface area contributed by atoms with E-state index in [1.165, 1.54) is 82.0 Å². The second-order valence-electron chi connectivity index (χ2n) is 8.23. The van der Waals surface area contributed by atoms with E-state index >= 15 is 0 Å². The Labute approximate surface area is 182 Å². The third-order valence-corrected chi connectivity index (χ3v) is 6.01. The van der Waals surface area contributed by atoms with Gasteiger partial charge < -0.3 is 13.8 Å². The predicted molar refractivity (Wildman–Crippen MR) is 124 cm³/mol. The van der Waals surface area contributed by atoms with Gasteiger partial charge in [0.25, 0.3) is 0 Å². The zero-order valence-electron chi connectivity index (χ0n) is 20.2. The van der Waals surface area contributed by atoms with E-state index in [-0.39, 0.29) is 5.75 Å². The highest BCUT2D eigenvalue weighted by molar-refractivity contribution is 7.85. The molecule has 0 atom stereocenters. The molecule has 6 heteroatoms. The second-order valence-corrected chi connectivity index (χ2v) is 9.76. The minimum absolute atomic E-state index is 0.275. The summed E-state index contributed by atoms with van der Waals surface area (Å²) in [5.74, 6) is -0.275. The summed E-state index contributed by atoms with van der Waals surface area (Å²) in [4.78, 5) is 0. The Hall–Kier alpha value is -0.170. The van der Waals surface area contributed by atoms with Gasteiger partial charge in [-0.2, -0.15) is 0 Å². The third-order valence-electron chi connectivity index (χ3n) is 5.23. The van der Waals surface area contributed by atoms with E-state index in [4.69, 9.17) is 4.74 Å². The zero-order chi connectivity index (χ0) is 22.4. The van der Waals surface area contributed by atoms with Crippen LogP contribution in [0.2, 0.25) is 0 Å². The quantitative estimate of drug-likeness (QED) is 0.147. The average molecular weight is 438 g/mol. The molecule has 0 amide bonds. The summed E-state index contributed by atoms with van der Waals surface area (Å²) < 4.78 is 36.9. The van der Waals surface area contributed by atoms with Crippen molar-refractivity contribution in [2.45, 2.75) is 105 Å². The molecule has 0 aliphatic rings. The molecule has 0 fully saturated rings. The fourth-order valence-electron chi connectivity index (χ4n) is 3.37. The van der Waals surface area contributed by atoms with Crippen LogP contribution in [0, 0.1) is 0 Å². The largest absolute Gasteiger partial charge is 0.748 e. The lowest BCUT2D eigenvalue weighted by molar-refractivity contribution is -0.929. The summed E-state index contributed by atoms with van der Waals surface area (Å²) in [6, 6.07) is 0. The van der Waals surface area contributed by atoms with Crippen molar-refractivity contribution in [2.24, 2.45) is 0 Å². The van der Waals surface area contributed by atoms with Gasteiger partial charge >= 0.3 is 0 Å². The van der Waals surface area contributed by atoms with Gasteiger partial charge in [-0.05, 0) is 44.9 Å². The minimum Gasteiger partial charge on any atom is -0.748 e. The van der Waals surface area contributed by atoms with Crippen molar-refractivity contribution in [3.05, 3.63) is 0 Å². The number of hydrogen-bond acceptors (Lipinski definition) is 4. The lowest BCUT2D eigenvalue weighted by atomic mass is 10.1. The Bertz CT molecular complexity index is 389. The summed E-state index contributed by atoms with van der Waals surface area (Å²) in [7, 11) is -4.02. The van der Waals surface area contributed by atoms with Crippen LogP contribution in [0.25, 0.3) is 0 Å². The molecule has 0 aliphatic heterocycles. The molecule has 0 aromatic heterocycles. The van der Waals surface area contributed by atoms with Gasteiger partial charge in [0.05, 0.1) is 36.3 Å². The molecule has 0 aliphatic carbocycles. The van der Waals surface area contributed by atoms with E-state index < -0.39 is 10.1 Å². The van der Waals surface area contributed by atoms with Crippen LogP contribution in [-0.2, 0) is 14.9 Å². The number of hydrogen-bond donors (Lipinski definition) is 0. The lowest BCUT2D eigenvalue weighted by Crippen LogP contribution is -2.50. The maximum atomic E-state index is 10.1. The Kier molecular flexibility index (Phi) is 22.5. The number of ether oxygens (including phenoxy) is 1. The fraction of sp³-hybridized carbons (Fsp3) is 1.00. The highest BCUT2D eigenvalue weighted by atomic mass is 32.2. The number of rotatable bonds is 19. The summed E-state index contributed by atoms with van der Waals surface area (Å²) in [5, 5.41) is 0. The smallest absolute Gasteiger partial charge is 0.0945 e. The molecule has 0 spiro atoms. The molecule has 0 heterocycles. The van der Waals surface area contributed by atoms with E-state index in [0.717, 1.165) is 6.42 Å². The molecular weight excluding hydrogens is 386 g/mol. The van der Waals surface area contributed by atoms with E-state index in [1.807, 2.05) is 6.92 Å². The Morgan fingerprint density at radius 1 is 0.621 bits per heavy atom. The SMILES string of the molecule is CCCC[N+](CCCC)(CCCC)CCCC.CCCOCCCCS(=O)(=O)[O-]. The summed E-state index contributed by atoms with van der Waals surface area (Å²) in [5.41, 5.74) is 0. The molecular formula is C23H51NO4S. The van der Waals surface area contributed by atoms with Crippen LogP contribution in [0.4, 0.5) is 0 Å². The van der Waals surface area contributed by atoms with Gasteiger partial charge in [-0.3, -0.25) is 0 Å². The monoisotopic (exact) mass is 437 g/mol. The van der Waals surface area contributed by atoms with Crippen LogP contribution in [0.1, 0.15) is 105 Å². The van der Waals surface area contributed by atoms with Gasteiger partial charge in [0.15, 0.2) is 0 Å². The van der Waals surface area contributed by atoms with Gasteiger partial charge in [-0.15, -0.1) is 0 Å². The Morgan fingerprint density at radius 3 is 1.34 bits per heavy atom. The van der Waals surface area contributed by atoms with Crippen molar-refractivity contribution in [3.63, 3.8) is 0 Å². The topological polar surface area (TPSA) is 66.4 Å². The van der Waals surface area contributed by atoms with Gasteiger partial charge in [0.2, 0.25) is 0 Å². The molecule has 178 valence electrons. The van der Waals surface area contributed by atoms with E-state index in [0.29, 0.717) is 26.1 Å². The first-order chi connectivity index (χ1) is 13.8. The van der Waals surface area contributed by atoms with Crippen LogP contribution < -0.4 is 0 Å². The molecule has 0 bridgehead atoms. The van der Waals surface area contributed by atoms with E-state index in [2.05, 4.69) is 27.7 Å². The van der Waals surface area contributed by atoms with Crippen molar-refractivity contribution in [1.82, 2.24) is 0 Å². The molecule has 29 heavy (non-hydrogen) atoms. The first-order valence-corrected chi connectivity index (χ1v) is 13.7. The molecule has 0 saturated carbocycles. The highest BCUT2D eigenvalue weighted by Crippen LogP contribution is 2.16. The van der Waals surface area contributed by atoms with Gasteiger partial charge in [0.1, 0.15) is 0 Å². The number of unbranched alkanes of at least 4 members (excludes halogenated alkanes) is 5. The first kappa shape index (κ1) is 31.0. The van der Waals surface area contributed by atoms with Crippen molar-refractivity contribution in [2.75, 3.05) is 45.1 Å². The molecule has 5 nitrogen and oxygen atoms in total. The molecule has 0 aromatic rings. The highest BCUT2D eigenvalue weighted by Gasteiger charge is 2.24. The summed E-state index contributed by atoms with van der Waals surface area (Å²) >= 11 is 0.